The lowest BCUT2D eigenvalue weighted by Crippen LogP contribution is -1.97. The molecule has 14 heavy (non-hydrogen) atoms. The van der Waals surface area contributed by atoms with E-state index in [4.69, 9.17) is 0 Å². The summed E-state index contributed by atoms with van der Waals surface area (Å²) in [4.78, 5) is 0. The van der Waals surface area contributed by atoms with Crippen molar-refractivity contribution in [2.45, 2.75) is 32.6 Å². The van der Waals surface area contributed by atoms with Gasteiger partial charge in [0.25, 0.3) is 0 Å². The summed E-state index contributed by atoms with van der Waals surface area (Å²) in [5.41, 5.74) is 1.47. The highest BCUT2D eigenvalue weighted by Gasteiger charge is 2.01. The van der Waals surface area contributed by atoms with E-state index in [0.717, 1.165) is 11.2 Å². The maximum absolute atomic E-state index is 3.47. The fraction of sp³-hybridized carbons (Fsp3) is 0.538. The van der Waals surface area contributed by atoms with Crippen LogP contribution in [0.15, 0.2) is 30.3 Å². The molecule has 0 aliphatic rings. The lowest BCUT2D eigenvalue weighted by Gasteiger charge is -2.09. The van der Waals surface area contributed by atoms with Crippen LogP contribution in [0.1, 0.15) is 31.7 Å². The van der Waals surface area contributed by atoms with Gasteiger partial charge < -0.3 is 0 Å². The minimum atomic E-state index is 0.854. The highest BCUT2D eigenvalue weighted by molar-refractivity contribution is 9.09. The molecule has 0 nitrogen and oxygen atoms in total. The summed E-state index contributed by atoms with van der Waals surface area (Å²) in [6.07, 6.45) is 5.19. The Kier molecular flexibility index (Phi) is 5.93. The van der Waals surface area contributed by atoms with E-state index in [1.54, 1.807) is 0 Å². The molecule has 0 heterocycles. The standard InChI is InChI=1S/C13H19Br/c1-12(6-5-11-14)9-10-13-7-3-2-4-8-13/h2-4,7-8,12H,5-6,9-11H2,1H3. The molecule has 0 N–H and O–H groups in total. The van der Waals surface area contributed by atoms with Gasteiger partial charge in [0.2, 0.25) is 0 Å². The van der Waals surface area contributed by atoms with Crippen LogP contribution in [-0.2, 0) is 6.42 Å². The molecule has 1 unspecified atom stereocenters. The molecule has 1 rings (SSSR count). The van der Waals surface area contributed by atoms with Gasteiger partial charge in [-0.15, -0.1) is 0 Å². The summed E-state index contributed by atoms with van der Waals surface area (Å²) < 4.78 is 0. The van der Waals surface area contributed by atoms with E-state index in [0.29, 0.717) is 0 Å². The lowest BCUT2D eigenvalue weighted by atomic mass is 9.97. The van der Waals surface area contributed by atoms with E-state index >= 15 is 0 Å². The molecule has 1 aromatic carbocycles. The Bertz CT molecular complexity index is 230. The molecule has 0 amide bonds. The number of halogens is 1. The second-order valence-corrected chi connectivity index (χ2v) is 4.75. The average Bonchev–Trinajstić information content (AvgIpc) is 2.25. The normalized spacial score (nSPS) is 12.7. The summed E-state index contributed by atoms with van der Waals surface area (Å²) in [5, 5.41) is 1.14. The van der Waals surface area contributed by atoms with Crippen LogP contribution in [0.5, 0.6) is 0 Å². The van der Waals surface area contributed by atoms with Gasteiger partial charge in [-0.2, -0.15) is 0 Å². The van der Waals surface area contributed by atoms with E-state index < -0.39 is 0 Å². The molecule has 0 aliphatic heterocycles. The second-order valence-electron chi connectivity index (χ2n) is 3.96. The Hall–Kier alpha value is -0.300. The monoisotopic (exact) mass is 254 g/mol. The van der Waals surface area contributed by atoms with Gasteiger partial charge in [0.15, 0.2) is 0 Å². The Morgan fingerprint density at radius 3 is 2.50 bits per heavy atom. The Morgan fingerprint density at radius 1 is 1.14 bits per heavy atom. The number of alkyl halides is 1. The maximum atomic E-state index is 3.47. The molecule has 1 aromatic rings. The Balaban J connectivity index is 2.20. The highest BCUT2D eigenvalue weighted by atomic mass is 79.9. The predicted molar refractivity (Wildman–Crippen MR) is 67.0 cm³/mol. The zero-order valence-corrected chi connectivity index (χ0v) is 10.5. The fourth-order valence-corrected chi connectivity index (χ4v) is 1.95. The molecular formula is C13H19Br. The molecule has 0 radical (unpaired) electrons. The van der Waals surface area contributed by atoms with Gasteiger partial charge in [0.1, 0.15) is 0 Å². The van der Waals surface area contributed by atoms with Crippen molar-refractivity contribution in [2.75, 3.05) is 5.33 Å². The largest absolute Gasteiger partial charge is 0.0928 e. The van der Waals surface area contributed by atoms with E-state index in [1.165, 1.54) is 31.2 Å². The maximum Gasteiger partial charge on any atom is 0.00314 e. The zero-order chi connectivity index (χ0) is 10.2. The van der Waals surface area contributed by atoms with Crippen LogP contribution >= 0.6 is 15.9 Å². The summed E-state index contributed by atoms with van der Waals surface area (Å²) in [7, 11) is 0. The molecule has 0 fully saturated rings. The van der Waals surface area contributed by atoms with Crippen molar-refractivity contribution in [1.29, 1.82) is 0 Å². The predicted octanol–water partition coefficient (Wildman–Crippen LogP) is 4.43. The van der Waals surface area contributed by atoms with Crippen molar-refractivity contribution in [3.63, 3.8) is 0 Å². The Labute approximate surface area is 95.9 Å². The first kappa shape index (κ1) is 11.8. The summed E-state index contributed by atoms with van der Waals surface area (Å²) in [6, 6.07) is 10.8. The van der Waals surface area contributed by atoms with E-state index in [-0.39, 0.29) is 0 Å². The van der Waals surface area contributed by atoms with Gasteiger partial charge in [0.05, 0.1) is 0 Å². The van der Waals surface area contributed by atoms with Crippen LogP contribution in [0.25, 0.3) is 0 Å². The molecule has 1 heteroatoms. The van der Waals surface area contributed by atoms with Crippen molar-refractivity contribution in [3.05, 3.63) is 35.9 Å². The van der Waals surface area contributed by atoms with Gasteiger partial charge in [-0.05, 0) is 37.2 Å². The molecule has 0 spiro atoms. The lowest BCUT2D eigenvalue weighted by molar-refractivity contribution is 0.489. The summed E-state index contributed by atoms with van der Waals surface area (Å²) in [6.45, 7) is 2.35. The first-order valence-corrected chi connectivity index (χ1v) is 6.55. The molecular weight excluding hydrogens is 236 g/mol. The number of hydrogen-bond donors (Lipinski definition) is 0. The average molecular weight is 255 g/mol. The molecule has 0 saturated carbocycles. The molecule has 0 saturated heterocycles. The SMILES string of the molecule is CC(CCCBr)CCc1ccccc1. The third kappa shape index (κ3) is 4.80. The van der Waals surface area contributed by atoms with Crippen LogP contribution in [0.2, 0.25) is 0 Å². The molecule has 0 aromatic heterocycles. The smallest absolute Gasteiger partial charge is 0.00314 e. The number of benzene rings is 1. The first-order chi connectivity index (χ1) is 6.83. The minimum Gasteiger partial charge on any atom is -0.0928 e. The van der Waals surface area contributed by atoms with Crippen molar-refractivity contribution < 1.29 is 0 Å². The van der Waals surface area contributed by atoms with Crippen LogP contribution in [0.4, 0.5) is 0 Å². The van der Waals surface area contributed by atoms with Crippen molar-refractivity contribution in [1.82, 2.24) is 0 Å². The van der Waals surface area contributed by atoms with Crippen LogP contribution in [0, 0.1) is 5.92 Å². The highest BCUT2D eigenvalue weighted by Crippen LogP contribution is 2.14. The van der Waals surface area contributed by atoms with Gasteiger partial charge in [-0.3, -0.25) is 0 Å². The first-order valence-electron chi connectivity index (χ1n) is 5.43. The van der Waals surface area contributed by atoms with E-state index in [1.807, 2.05) is 0 Å². The number of hydrogen-bond acceptors (Lipinski definition) is 0. The zero-order valence-electron chi connectivity index (χ0n) is 8.88. The number of rotatable bonds is 6. The van der Waals surface area contributed by atoms with Crippen molar-refractivity contribution in [2.24, 2.45) is 5.92 Å². The van der Waals surface area contributed by atoms with E-state index in [9.17, 15) is 0 Å². The molecule has 0 bridgehead atoms. The molecule has 0 aliphatic carbocycles. The number of aryl methyl sites for hydroxylation is 1. The topological polar surface area (TPSA) is 0 Å². The van der Waals surface area contributed by atoms with E-state index in [2.05, 4.69) is 53.2 Å². The van der Waals surface area contributed by atoms with Gasteiger partial charge in [0, 0.05) is 5.33 Å². The third-order valence-corrected chi connectivity index (χ3v) is 3.16. The Morgan fingerprint density at radius 2 is 1.86 bits per heavy atom. The van der Waals surface area contributed by atoms with Crippen molar-refractivity contribution in [3.8, 4) is 0 Å². The summed E-state index contributed by atoms with van der Waals surface area (Å²) >= 11 is 3.47. The van der Waals surface area contributed by atoms with Gasteiger partial charge in [-0.25, -0.2) is 0 Å². The van der Waals surface area contributed by atoms with Crippen LogP contribution < -0.4 is 0 Å². The minimum absolute atomic E-state index is 0.854. The third-order valence-electron chi connectivity index (χ3n) is 2.60. The quantitative estimate of drug-likeness (QED) is 0.659. The van der Waals surface area contributed by atoms with Crippen LogP contribution in [0.3, 0.4) is 0 Å². The molecule has 1 atom stereocenters. The molecule has 78 valence electrons. The fourth-order valence-electron chi connectivity index (χ4n) is 1.63. The van der Waals surface area contributed by atoms with Crippen LogP contribution in [-0.4, -0.2) is 5.33 Å². The van der Waals surface area contributed by atoms with Gasteiger partial charge >= 0.3 is 0 Å². The van der Waals surface area contributed by atoms with Crippen molar-refractivity contribution >= 4 is 15.9 Å². The second kappa shape index (κ2) is 7.05. The van der Waals surface area contributed by atoms with Gasteiger partial charge in [-0.1, -0.05) is 53.2 Å². The summed E-state index contributed by atoms with van der Waals surface area (Å²) in [5.74, 6) is 0.854.